The lowest BCUT2D eigenvalue weighted by atomic mass is 10.2. The Morgan fingerprint density at radius 3 is 2.72 bits per heavy atom. The fourth-order valence-electron chi connectivity index (χ4n) is 1.37. The summed E-state index contributed by atoms with van der Waals surface area (Å²) in [6.45, 7) is 5.44. The van der Waals surface area contributed by atoms with Crippen LogP contribution in [-0.2, 0) is 0 Å². The van der Waals surface area contributed by atoms with Crippen LogP contribution in [0.3, 0.4) is 0 Å². The number of carbonyl (C=O) groups is 1. The molecule has 0 aromatic heterocycles. The third-order valence-corrected chi connectivity index (χ3v) is 2.89. The Hall–Kier alpha value is -1.62. The van der Waals surface area contributed by atoms with Gasteiger partial charge in [0.1, 0.15) is 5.82 Å². The van der Waals surface area contributed by atoms with Gasteiger partial charge in [-0.25, -0.2) is 4.39 Å². The highest BCUT2D eigenvalue weighted by Crippen LogP contribution is 2.11. The summed E-state index contributed by atoms with van der Waals surface area (Å²) in [5.74, 6) is -0.854. The molecule has 100 valence electrons. The number of nitrogens with one attached hydrogen (secondary N) is 1. The maximum atomic E-state index is 13.2. The van der Waals surface area contributed by atoms with Crippen LogP contribution in [0.4, 0.5) is 10.1 Å². The number of benzene rings is 1. The van der Waals surface area contributed by atoms with E-state index in [1.165, 1.54) is 12.1 Å². The second-order valence-electron chi connectivity index (χ2n) is 4.57. The predicted molar refractivity (Wildman–Crippen MR) is 70.9 cm³/mol. The van der Waals surface area contributed by atoms with E-state index in [4.69, 9.17) is 5.73 Å². The second-order valence-corrected chi connectivity index (χ2v) is 4.57. The molecule has 0 aliphatic carbocycles. The van der Waals surface area contributed by atoms with Crippen molar-refractivity contribution in [1.82, 2.24) is 10.2 Å². The van der Waals surface area contributed by atoms with Gasteiger partial charge in [-0.05, 0) is 39.1 Å². The lowest BCUT2D eigenvalue weighted by Crippen LogP contribution is -2.36. The lowest BCUT2D eigenvalue weighted by Gasteiger charge is -2.20. The SMILES string of the molecule is CC(C)N(C)CCNC(=O)c1ccc(N)c(F)c1. The first-order chi connectivity index (χ1) is 8.41. The predicted octanol–water partition coefficient (Wildman–Crippen LogP) is 1.48. The third-order valence-electron chi connectivity index (χ3n) is 2.89. The number of nitrogens with zero attached hydrogens (tertiary/aromatic N) is 1. The smallest absolute Gasteiger partial charge is 0.251 e. The van der Waals surface area contributed by atoms with Gasteiger partial charge in [0.2, 0.25) is 0 Å². The highest BCUT2D eigenvalue weighted by molar-refractivity contribution is 5.94. The summed E-state index contributed by atoms with van der Waals surface area (Å²) in [5.41, 5.74) is 5.68. The van der Waals surface area contributed by atoms with Gasteiger partial charge in [0.05, 0.1) is 5.69 Å². The Labute approximate surface area is 107 Å². The van der Waals surface area contributed by atoms with Gasteiger partial charge >= 0.3 is 0 Å². The molecule has 1 aromatic rings. The van der Waals surface area contributed by atoms with Crippen molar-refractivity contribution in [2.45, 2.75) is 19.9 Å². The number of hydrogen-bond acceptors (Lipinski definition) is 3. The molecular formula is C13H20FN3O. The molecule has 5 heteroatoms. The molecule has 0 aliphatic heterocycles. The summed E-state index contributed by atoms with van der Waals surface area (Å²) in [5, 5.41) is 2.74. The highest BCUT2D eigenvalue weighted by atomic mass is 19.1. The van der Waals surface area contributed by atoms with Gasteiger partial charge in [0, 0.05) is 24.7 Å². The molecule has 1 aromatic carbocycles. The van der Waals surface area contributed by atoms with Gasteiger partial charge in [-0.2, -0.15) is 0 Å². The average Bonchev–Trinajstić information content (AvgIpc) is 2.32. The largest absolute Gasteiger partial charge is 0.396 e. The first kappa shape index (κ1) is 14.4. The molecule has 3 N–H and O–H groups in total. The average molecular weight is 253 g/mol. The van der Waals surface area contributed by atoms with E-state index in [1.54, 1.807) is 0 Å². The normalized spacial score (nSPS) is 11.0. The van der Waals surface area contributed by atoms with E-state index < -0.39 is 5.82 Å². The van der Waals surface area contributed by atoms with Gasteiger partial charge in [-0.15, -0.1) is 0 Å². The summed E-state index contributed by atoms with van der Waals surface area (Å²) in [6, 6.07) is 4.48. The Bertz CT molecular complexity index is 421. The number of carbonyl (C=O) groups excluding carboxylic acids is 1. The highest BCUT2D eigenvalue weighted by Gasteiger charge is 2.09. The van der Waals surface area contributed by atoms with Crippen LogP contribution in [0.1, 0.15) is 24.2 Å². The first-order valence-electron chi connectivity index (χ1n) is 5.95. The zero-order valence-electron chi connectivity index (χ0n) is 11.0. The summed E-state index contributed by atoms with van der Waals surface area (Å²) in [6.07, 6.45) is 0. The summed E-state index contributed by atoms with van der Waals surface area (Å²) < 4.78 is 13.2. The van der Waals surface area contributed by atoms with Gasteiger partial charge < -0.3 is 16.0 Å². The molecule has 0 bridgehead atoms. The number of amides is 1. The molecule has 0 aliphatic rings. The third kappa shape index (κ3) is 4.00. The van der Waals surface area contributed by atoms with Crippen molar-refractivity contribution in [1.29, 1.82) is 0 Å². The summed E-state index contributed by atoms with van der Waals surface area (Å²) in [4.78, 5) is 13.8. The van der Waals surface area contributed by atoms with E-state index in [9.17, 15) is 9.18 Å². The van der Waals surface area contributed by atoms with Gasteiger partial charge in [0.25, 0.3) is 5.91 Å². The van der Waals surface area contributed by atoms with Crippen molar-refractivity contribution in [3.8, 4) is 0 Å². The minimum atomic E-state index is -0.568. The molecule has 0 unspecified atom stereocenters. The van der Waals surface area contributed by atoms with Crippen molar-refractivity contribution < 1.29 is 9.18 Å². The molecule has 0 heterocycles. The zero-order chi connectivity index (χ0) is 13.7. The van der Waals surface area contributed by atoms with Crippen molar-refractivity contribution in [2.24, 2.45) is 0 Å². The van der Waals surface area contributed by atoms with Crippen molar-refractivity contribution >= 4 is 11.6 Å². The number of halogens is 1. The van der Waals surface area contributed by atoms with Crippen LogP contribution in [0.5, 0.6) is 0 Å². The number of anilines is 1. The van der Waals surface area contributed by atoms with E-state index in [0.717, 1.165) is 12.6 Å². The van der Waals surface area contributed by atoms with Crippen LogP contribution in [0.25, 0.3) is 0 Å². The van der Waals surface area contributed by atoms with E-state index in [-0.39, 0.29) is 17.2 Å². The number of hydrogen-bond donors (Lipinski definition) is 2. The molecule has 0 radical (unpaired) electrons. The quantitative estimate of drug-likeness (QED) is 0.781. The standard InChI is InChI=1S/C13H20FN3O/c1-9(2)17(3)7-6-16-13(18)10-4-5-12(15)11(14)8-10/h4-5,8-9H,6-7,15H2,1-3H3,(H,16,18). The Morgan fingerprint density at radius 2 is 2.17 bits per heavy atom. The first-order valence-corrected chi connectivity index (χ1v) is 5.95. The van der Waals surface area contributed by atoms with Crippen LogP contribution >= 0.6 is 0 Å². The van der Waals surface area contributed by atoms with Crippen molar-refractivity contribution in [2.75, 3.05) is 25.9 Å². The van der Waals surface area contributed by atoms with E-state index >= 15 is 0 Å². The van der Waals surface area contributed by atoms with Crippen LogP contribution in [0.15, 0.2) is 18.2 Å². The van der Waals surface area contributed by atoms with Crippen LogP contribution < -0.4 is 11.1 Å². The molecular weight excluding hydrogens is 233 g/mol. The molecule has 0 fully saturated rings. The maximum Gasteiger partial charge on any atom is 0.251 e. The van der Waals surface area contributed by atoms with Crippen molar-refractivity contribution in [3.05, 3.63) is 29.6 Å². The molecule has 18 heavy (non-hydrogen) atoms. The fraction of sp³-hybridized carbons (Fsp3) is 0.462. The van der Waals surface area contributed by atoms with Crippen LogP contribution in [-0.4, -0.2) is 37.0 Å². The van der Waals surface area contributed by atoms with Gasteiger partial charge in [-0.3, -0.25) is 4.79 Å². The number of nitrogens with two attached hydrogens (primary N) is 1. The van der Waals surface area contributed by atoms with Gasteiger partial charge in [0.15, 0.2) is 0 Å². The Kier molecular flexibility index (Phi) is 5.09. The summed E-state index contributed by atoms with van der Waals surface area (Å²) >= 11 is 0. The molecule has 0 saturated carbocycles. The van der Waals surface area contributed by atoms with Crippen molar-refractivity contribution in [3.63, 3.8) is 0 Å². The van der Waals surface area contributed by atoms with Crippen LogP contribution in [0, 0.1) is 5.82 Å². The lowest BCUT2D eigenvalue weighted by molar-refractivity contribution is 0.0947. The number of rotatable bonds is 5. The maximum absolute atomic E-state index is 13.2. The van der Waals surface area contributed by atoms with Crippen LogP contribution in [0.2, 0.25) is 0 Å². The molecule has 1 amide bonds. The Morgan fingerprint density at radius 1 is 1.50 bits per heavy atom. The fourth-order valence-corrected chi connectivity index (χ4v) is 1.37. The molecule has 0 atom stereocenters. The summed E-state index contributed by atoms with van der Waals surface area (Å²) in [7, 11) is 1.99. The zero-order valence-corrected chi connectivity index (χ0v) is 11.0. The van der Waals surface area contributed by atoms with Gasteiger partial charge in [-0.1, -0.05) is 0 Å². The van der Waals surface area contributed by atoms with E-state index in [0.29, 0.717) is 12.6 Å². The molecule has 0 saturated heterocycles. The number of likely N-dealkylation sites (N-methyl/N-ethyl adjacent to an activating group) is 1. The monoisotopic (exact) mass is 253 g/mol. The Balaban J connectivity index is 2.48. The molecule has 4 nitrogen and oxygen atoms in total. The minimum absolute atomic E-state index is 0.0473. The number of nitrogen functional groups attached to an aromatic ring is 1. The van der Waals surface area contributed by atoms with E-state index in [1.807, 2.05) is 7.05 Å². The molecule has 1 rings (SSSR count). The second kappa shape index (κ2) is 6.35. The van der Waals surface area contributed by atoms with E-state index in [2.05, 4.69) is 24.1 Å². The molecule has 0 spiro atoms. The topological polar surface area (TPSA) is 58.4 Å². The minimum Gasteiger partial charge on any atom is -0.396 e.